The summed E-state index contributed by atoms with van der Waals surface area (Å²) in [7, 11) is 0. The SMILES string of the molecule is O=C(Nc1ccccc1Cl)[C@H]1CCCN(C(=O)c2ccccc2F)C1. The molecule has 2 aromatic rings. The summed E-state index contributed by atoms with van der Waals surface area (Å²) in [6, 6.07) is 12.9. The summed E-state index contributed by atoms with van der Waals surface area (Å²) in [5.74, 6) is -1.46. The van der Waals surface area contributed by atoms with Crippen LogP contribution in [0.5, 0.6) is 0 Å². The minimum absolute atomic E-state index is 0.0367. The van der Waals surface area contributed by atoms with Crippen molar-refractivity contribution in [3.8, 4) is 0 Å². The second-order valence-electron chi connectivity index (χ2n) is 6.04. The van der Waals surface area contributed by atoms with Gasteiger partial charge in [-0.05, 0) is 37.1 Å². The summed E-state index contributed by atoms with van der Waals surface area (Å²) >= 11 is 6.06. The maximum absolute atomic E-state index is 13.8. The smallest absolute Gasteiger partial charge is 0.256 e. The fraction of sp³-hybridized carbons (Fsp3) is 0.263. The molecule has 1 aliphatic rings. The molecule has 6 heteroatoms. The number of anilines is 1. The van der Waals surface area contributed by atoms with Crippen molar-refractivity contribution in [2.45, 2.75) is 12.8 Å². The number of hydrogen-bond donors (Lipinski definition) is 1. The zero-order valence-corrected chi connectivity index (χ0v) is 14.3. The van der Waals surface area contributed by atoms with Crippen LogP contribution in [0.3, 0.4) is 0 Å². The quantitative estimate of drug-likeness (QED) is 0.900. The number of piperidine rings is 1. The highest BCUT2D eigenvalue weighted by Crippen LogP contribution is 2.24. The Labute approximate surface area is 150 Å². The summed E-state index contributed by atoms with van der Waals surface area (Å²) in [4.78, 5) is 26.6. The van der Waals surface area contributed by atoms with Crippen LogP contribution < -0.4 is 5.32 Å². The molecule has 2 aromatic carbocycles. The van der Waals surface area contributed by atoms with Gasteiger partial charge in [-0.15, -0.1) is 0 Å². The molecular weight excluding hydrogens is 343 g/mol. The maximum atomic E-state index is 13.8. The largest absolute Gasteiger partial charge is 0.338 e. The number of para-hydroxylation sites is 1. The summed E-state index contributed by atoms with van der Waals surface area (Å²) in [5.41, 5.74) is 0.585. The number of rotatable bonds is 3. The third-order valence-electron chi connectivity index (χ3n) is 4.32. The summed E-state index contributed by atoms with van der Waals surface area (Å²) in [6.07, 6.45) is 1.37. The molecule has 1 fully saturated rings. The highest BCUT2D eigenvalue weighted by Gasteiger charge is 2.30. The van der Waals surface area contributed by atoms with Crippen LogP contribution in [-0.4, -0.2) is 29.8 Å². The average Bonchev–Trinajstić information content (AvgIpc) is 2.63. The predicted octanol–water partition coefficient (Wildman–Crippen LogP) is 3.97. The monoisotopic (exact) mass is 360 g/mol. The molecule has 0 radical (unpaired) electrons. The lowest BCUT2D eigenvalue weighted by atomic mass is 9.96. The number of likely N-dealkylation sites (tertiary alicyclic amines) is 1. The number of benzene rings is 2. The van der Waals surface area contributed by atoms with Crippen LogP contribution in [0, 0.1) is 11.7 Å². The van der Waals surface area contributed by atoms with Gasteiger partial charge in [0.15, 0.2) is 0 Å². The molecule has 1 N–H and O–H groups in total. The van der Waals surface area contributed by atoms with E-state index < -0.39 is 5.82 Å². The van der Waals surface area contributed by atoms with E-state index in [4.69, 9.17) is 11.6 Å². The Balaban J connectivity index is 1.69. The van der Waals surface area contributed by atoms with Gasteiger partial charge in [0.2, 0.25) is 5.91 Å². The van der Waals surface area contributed by atoms with Gasteiger partial charge >= 0.3 is 0 Å². The molecule has 25 heavy (non-hydrogen) atoms. The van der Waals surface area contributed by atoms with Gasteiger partial charge in [0.05, 0.1) is 22.2 Å². The first-order chi connectivity index (χ1) is 12.1. The van der Waals surface area contributed by atoms with Gasteiger partial charge in [0.25, 0.3) is 5.91 Å². The molecule has 1 aliphatic heterocycles. The van der Waals surface area contributed by atoms with E-state index in [1.54, 1.807) is 41.3 Å². The minimum atomic E-state index is -0.546. The molecule has 3 rings (SSSR count). The van der Waals surface area contributed by atoms with Crippen LogP contribution in [0.25, 0.3) is 0 Å². The Bertz CT molecular complexity index is 796. The zero-order chi connectivity index (χ0) is 17.8. The second-order valence-corrected chi connectivity index (χ2v) is 6.45. The van der Waals surface area contributed by atoms with Crippen molar-refractivity contribution in [2.75, 3.05) is 18.4 Å². The average molecular weight is 361 g/mol. The molecule has 0 saturated carbocycles. The zero-order valence-electron chi connectivity index (χ0n) is 13.5. The molecule has 0 unspecified atom stereocenters. The van der Waals surface area contributed by atoms with Crippen molar-refractivity contribution >= 4 is 29.1 Å². The van der Waals surface area contributed by atoms with E-state index in [0.717, 1.165) is 0 Å². The number of nitrogens with zero attached hydrogens (tertiary/aromatic N) is 1. The van der Waals surface area contributed by atoms with Gasteiger partial charge in [-0.3, -0.25) is 9.59 Å². The Hall–Kier alpha value is -2.40. The van der Waals surface area contributed by atoms with Crippen LogP contribution in [-0.2, 0) is 4.79 Å². The molecular formula is C19H18ClFN2O2. The molecule has 4 nitrogen and oxygen atoms in total. The second kappa shape index (κ2) is 7.66. The van der Waals surface area contributed by atoms with Crippen LogP contribution in [0.15, 0.2) is 48.5 Å². The lowest BCUT2D eigenvalue weighted by Gasteiger charge is -2.32. The molecule has 1 atom stereocenters. The van der Waals surface area contributed by atoms with Crippen LogP contribution >= 0.6 is 11.6 Å². The standard InChI is InChI=1S/C19H18ClFN2O2/c20-15-8-2-4-10-17(15)22-18(24)13-6-5-11-23(12-13)19(25)14-7-1-3-9-16(14)21/h1-4,7-10,13H,5-6,11-12H2,(H,22,24)/t13-/m0/s1. The minimum Gasteiger partial charge on any atom is -0.338 e. The van der Waals surface area contributed by atoms with Crippen molar-refractivity contribution in [3.05, 3.63) is 64.9 Å². The maximum Gasteiger partial charge on any atom is 0.256 e. The van der Waals surface area contributed by atoms with Gasteiger partial charge in [-0.2, -0.15) is 0 Å². The fourth-order valence-corrected chi connectivity index (χ4v) is 3.16. The highest BCUT2D eigenvalue weighted by atomic mass is 35.5. The molecule has 2 amide bonds. The molecule has 0 aromatic heterocycles. The van der Waals surface area contributed by atoms with Crippen LogP contribution in [0.2, 0.25) is 5.02 Å². The van der Waals surface area contributed by atoms with E-state index in [2.05, 4.69) is 5.32 Å². The number of amides is 2. The van der Waals surface area contributed by atoms with Crippen molar-refractivity contribution in [2.24, 2.45) is 5.92 Å². The summed E-state index contributed by atoms with van der Waals surface area (Å²) in [6.45, 7) is 0.784. The van der Waals surface area contributed by atoms with Crippen molar-refractivity contribution in [1.82, 2.24) is 4.90 Å². The van der Waals surface area contributed by atoms with Gasteiger partial charge in [-0.25, -0.2) is 4.39 Å². The summed E-state index contributed by atoms with van der Waals surface area (Å²) in [5, 5.41) is 3.27. The van der Waals surface area contributed by atoms with E-state index in [-0.39, 0.29) is 29.8 Å². The number of hydrogen-bond acceptors (Lipinski definition) is 2. The predicted molar refractivity (Wildman–Crippen MR) is 95.1 cm³/mol. The van der Waals surface area contributed by atoms with E-state index in [1.807, 2.05) is 0 Å². The normalized spacial score (nSPS) is 17.2. The van der Waals surface area contributed by atoms with Crippen LogP contribution in [0.4, 0.5) is 10.1 Å². The van der Waals surface area contributed by atoms with Gasteiger partial charge < -0.3 is 10.2 Å². The summed E-state index contributed by atoms with van der Waals surface area (Å²) < 4.78 is 13.8. The van der Waals surface area contributed by atoms with E-state index >= 15 is 0 Å². The number of carbonyl (C=O) groups excluding carboxylic acids is 2. The van der Waals surface area contributed by atoms with Crippen LogP contribution in [0.1, 0.15) is 23.2 Å². The molecule has 1 saturated heterocycles. The number of halogens is 2. The molecule has 1 heterocycles. The first-order valence-electron chi connectivity index (χ1n) is 8.15. The Morgan fingerprint density at radius 1 is 1.12 bits per heavy atom. The van der Waals surface area contributed by atoms with Crippen molar-refractivity contribution in [1.29, 1.82) is 0 Å². The molecule has 0 bridgehead atoms. The topological polar surface area (TPSA) is 49.4 Å². The lowest BCUT2D eigenvalue weighted by molar-refractivity contribution is -0.121. The molecule has 130 valence electrons. The molecule has 0 aliphatic carbocycles. The highest BCUT2D eigenvalue weighted by molar-refractivity contribution is 6.33. The Morgan fingerprint density at radius 3 is 2.60 bits per heavy atom. The van der Waals surface area contributed by atoms with E-state index in [9.17, 15) is 14.0 Å². The van der Waals surface area contributed by atoms with Crippen molar-refractivity contribution < 1.29 is 14.0 Å². The Morgan fingerprint density at radius 2 is 1.84 bits per heavy atom. The van der Waals surface area contributed by atoms with Crippen molar-refractivity contribution in [3.63, 3.8) is 0 Å². The third kappa shape index (κ3) is 3.99. The number of nitrogens with one attached hydrogen (secondary N) is 1. The van der Waals surface area contributed by atoms with Gasteiger partial charge in [0, 0.05) is 13.1 Å². The van der Waals surface area contributed by atoms with E-state index in [1.165, 1.54) is 12.1 Å². The Kier molecular flexibility index (Phi) is 5.34. The van der Waals surface area contributed by atoms with Gasteiger partial charge in [0.1, 0.15) is 5.82 Å². The lowest BCUT2D eigenvalue weighted by Crippen LogP contribution is -2.44. The molecule has 0 spiro atoms. The first kappa shape index (κ1) is 17.4. The number of carbonyl (C=O) groups is 2. The van der Waals surface area contributed by atoms with E-state index in [0.29, 0.717) is 30.1 Å². The van der Waals surface area contributed by atoms with Gasteiger partial charge in [-0.1, -0.05) is 35.9 Å². The fourth-order valence-electron chi connectivity index (χ4n) is 2.98. The first-order valence-corrected chi connectivity index (χ1v) is 8.53. The third-order valence-corrected chi connectivity index (χ3v) is 4.64.